The number of hydrogen-bond donors (Lipinski definition) is 1. The van der Waals surface area contributed by atoms with E-state index in [-0.39, 0.29) is 18.1 Å². The van der Waals surface area contributed by atoms with Crippen molar-refractivity contribution in [2.45, 2.75) is 31.7 Å². The minimum atomic E-state index is -0.110. The van der Waals surface area contributed by atoms with Crippen molar-refractivity contribution in [2.75, 3.05) is 25.2 Å². The van der Waals surface area contributed by atoms with Gasteiger partial charge in [0.15, 0.2) is 0 Å². The number of carbonyl (C=O) groups is 1. The third-order valence-corrected chi connectivity index (χ3v) is 5.23. The maximum absolute atomic E-state index is 12.7. The lowest BCUT2D eigenvalue weighted by atomic mass is 10.1. The molecular formula is C21H24N2O3. The second-order valence-electron chi connectivity index (χ2n) is 6.89. The number of ether oxygens (including phenoxy) is 2. The Kier molecular flexibility index (Phi) is 4.91. The van der Waals surface area contributed by atoms with Crippen molar-refractivity contribution in [3.05, 3.63) is 65.2 Å². The maximum Gasteiger partial charge on any atom is 0.251 e. The number of nitrogens with zero attached hydrogens (tertiary/aromatic N) is 1. The summed E-state index contributed by atoms with van der Waals surface area (Å²) in [6.45, 7) is 2.92. The number of anilines is 1. The number of amides is 1. The molecule has 2 aromatic rings. The first-order valence-electron chi connectivity index (χ1n) is 9.08. The highest BCUT2D eigenvalue weighted by Crippen LogP contribution is 2.28. The highest BCUT2D eigenvalue weighted by Gasteiger charge is 2.27. The first-order chi connectivity index (χ1) is 12.7. The number of nitrogens with one attached hydrogen (secondary N) is 1. The second-order valence-corrected chi connectivity index (χ2v) is 6.89. The maximum atomic E-state index is 12.7. The minimum Gasteiger partial charge on any atom is -0.379 e. The first-order valence-corrected chi connectivity index (χ1v) is 9.08. The highest BCUT2D eigenvalue weighted by molar-refractivity contribution is 5.95. The molecule has 2 heterocycles. The first kappa shape index (κ1) is 17.1. The van der Waals surface area contributed by atoms with Gasteiger partial charge in [-0.15, -0.1) is 0 Å². The predicted molar refractivity (Wildman–Crippen MR) is 100 cm³/mol. The average molecular weight is 352 g/mol. The zero-order chi connectivity index (χ0) is 17.9. The lowest BCUT2D eigenvalue weighted by Gasteiger charge is -2.31. The molecule has 0 unspecified atom stereocenters. The molecule has 0 aliphatic carbocycles. The molecule has 0 spiro atoms. The minimum absolute atomic E-state index is 0.00367. The van der Waals surface area contributed by atoms with E-state index in [9.17, 15) is 4.79 Å². The van der Waals surface area contributed by atoms with Crippen LogP contribution in [-0.4, -0.2) is 38.4 Å². The summed E-state index contributed by atoms with van der Waals surface area (Å²) in [5, 5.41) is 3.06. The zero-order valence-corrected chi connectivity index (χ0v) is 15.0. The van der Waals surface area contributed by atoms with E-state index < -0.39 is 0 Å². The Balaban J connectivity index is 1.47. The Bertz CT molecular complexity index is 767. The van der Waals surface area contributed by atoms with Gasteiger partial charge in [-0.05, 0) is 35.7 Å². The van der Waals surface area contributed by atoms with Crippen LogP contribution in [-0.2, 0) is 22.6 Å². The van der Waals surface area contributed by atoms with Gasteiger partial charge in [0.25, 0.3) is 5.91 Å². The van der Waals surface area contributed by atoms with Crippen LogP contribution in [0.3, 0.4) is 0 Å². The van der Waals surface area contributed by atoms with Crippen LogP contribution in [0, 0.1) is 0 Å². The molecule has 1 amide bonds. The summed E-state index contributed by atoms with van der Waals surface area (Å²) < 4.78 is 11.0. The number of rotatable bonds is 4. The largest absolute Gasteiger partial charge is 0.379 e. The predicted octanol–water partition coefficient (Wildman–Crippen LogP) is 2.74. The van der Waals surface area contributed by atoms with Gasteiger partial charge < -0.3 is 19.7 Å². The van der Waals surface area contributed by atoms with Gasteiger partial charge >= 0.3 is 0 Å². The molecule has 26 heavy (non-hydrogen) atoms. The van der Waals surface area contributed by atoms with Crippen molar-refractivity contribution >= 4 is 11.6 Å². The molecule has 5 heteroatoms. The van der Waals surface area contributed by atoms with Gasteiger partial charge in [-0.25, -0.2) is 0 Å². The topological polar surface area (TPSA) is 50.8 Å². The molecule has 2 aliphatic rings. The Hall–Kier alpha value is -2.37. The molecule has 136 valence electrons. The fraction of sp³-hybridized carbons (Fsp3) is 0.381. The standard InChI is InChI=1S/C21H24N2O3/c1-25-20-9-10-26-14-19(20)22-21(24)15-7-4-8-18(11-15)23-12-16-5-2-3-6-17(16)13-23/h2-8,11,19-20H,9-10,12-14H2,1H3,(H,22,24)/t19-,20-/m1/s1. The van der Waals surface area contributed by atoms with Crippen LogP contribution in [0.5, 0.6) is 0 Å². The van der Waals surface area contributed by atoms with Crippen molar-refractivity contribution < 1.29 is 14.3 Å². The lowest BCUT2D eigenvalue weighted by Crippen LogP contribution is -2.50. The average Bonchev–Trinajstić information content (AvgIpc) is 3.13. The molecule has 1 fully saturated rings. The normalized spacial score (nSPS) is 22.1. The van der Waals surface area contributed by atoms with Crippen molar-refractivity contribution in [1.82, 2.24) is 5.32 Å². The molecular weight excluding hydrogens is 328 g/mol. The molecule has 4 rings (SSSR count). The summed E-state index contributed by atoms with van der Waals surface area (Å²) in [7, 11) is 1.68. The van der Waals surface area contributed by atoms with Crippen LogP contribution in [0.4, 0.5) is 5.69 Å². The van der Waals surface area contributed by atoms with Crippen molar-refractivity contribution in [3.63, 3.8) is 0 Å². The van der Waals surface area contributed by atoms with Crippen molar-refractivity contribution in [1.29, 1.82) is 0 Å². The number of carbonyl (C=O) groups excluding carboxylic acids is 1. The van der Waals surface area contributed by atoms with Crippen LogP contribution in [0.15, 0.2) is 48.5 Å². The van der Waals surface area contributed by atoms with E-state index >= 15 is 0 Å². The zero-order valence-electron chi connectivity index (χ0n) is 15.0. The molecule has 1 N–H and O–H groups in total. The van der Waals surface area contributed by atoms with Crippen LogP contribution in [0.25, 0.3) is 0 Å². The van der Waals surface area contributed by atoms with E-state index in [0.717, 1.165) is 25.2 Å². The monoisotopic (exact) mass is 352 g/mol. The number of methoxy groups -OCH3 is 1. The van der Waals surface area contributed by atoms with Crippen LogP contribution >= 0.6 is 0 Å². The van der Waals surface area contributed by atoms with Gasteiger partial charge in [0.2, 0.25) is 0 Å². The second kappa shape index (κ2) is 7.48. The summed E-state index contributed by atoms with van der Waals surface area (Å²) >= 11 is 0. The number of fused-ring (bicyclic) bond motifs is 1. The third-order valence-electron chi connectivity index (χ3n) is 5.23. The summed E-state index contributed by atoms with van der Waals surface area (Å²) in [6, 6.07) is 16.2. The van der Waals surface area contributed by atoms with Gasteiger partial charge in [-0.2, -0.15) is 0 Å². The van der Waals surface area contributed by atoms with E-state index in [1.54, 1.807) is 7.11 Å². The summed E-state index contributed by atoms with van der Waals surface area (Å²) in [6.07, 6.45) is 0.803. The van der Waals surface area contributed by atoms with E-state index in [4.69, 9.17) is 9.47 Å². The fourth-order valence-corrected chi connectivity index (χ4v) is 3.75. The van der Waals surface area contributed by atoms with Gasteiger partial charge in [0.05, 0.1) is 18.8 Å². The van der Waals surface area contributed by atoms with Gasteiger partial charge in [0.1, 0.15) is 0 Å². The van der Waals surface area contributed by atoms with Gasteiger partial charge in [-0.1, -0.05) is 30.3 Å². The van der Waals surface area contributed by atoms with Crippen LogP contribution < -0.4 is 10.2 Å². The lowest BCUT2D eigenvalue weighted by molar-refractivity contribution is -0.0349. The summed E-state index contributed by atoms with van der Waals surface area (Å²) in [4.78, 5) is 15.0. The molecule has 2 atom stereocenters. The molecule has 0 saturated carbocycles. The van der Waals surface area contributed by atoms with Crippen LogP contribution in [0.2, 0.25) is 0 Å². The van der Waals surface area contributed by atoms with E-state index in [1.165, 1.54) is 11.1 Å². The molecule has 5 nitrogen and oxygen atoms in total. The fourth-order valence-electron chi connectivity index (χ4n) is 3.75. The Labute approximate surface area is 153 Å². The smallest absolute Gasteiger partial charge is 0.251 e. The Morgan fingerprint density at radius 3 is 2.65 bits per heavy atom. The van der Waals surface area contributed by atoms with Gasteiger partial charge in [-0.3, -0.25) is 4.79 Å². The number of benzene rings is 2. The Morgan fingerprint density at radius 2 is 1.92 bits per heavy atom. The molecule has 1 saturated heterocycles. The van der Waals surface area contributed by atoms with Crippen LogP contribution in [0.1, 0.15) is 27.9 Å². The van der Waals surface area contributed by atoms with Gasteiger partial charge in [0, 0.05) is 38.1 Å². The van der Waals surface area contributed by atoms with E-state index in [2.05, 4.69) is 40.5 Å². The molecule has 0 bridgehead atoms. The Morgan fingerprint density at radius 1 is 1.15 bits per heavy atom. The summed E-state index contributed by atoms with van der Waals surface area (Å²) in [5.74, 6) is -0.0823. The SMILES string of the molecule is CO[C@@H]1CCOC[C@H]1NC(=O)c1cccc(N2Cc3ccccc3C2)c1. The molecule has 2 aromatic carbocycles. The van der Waals surface area contributed by atoms with Crippen molar-refractivity contribution in [2.24, 2.45) is 0 Å². The molecule has 0 radical (unpaired) electrons. The molecule has 2 aliphatic heterocycles. The highest BCUT2D eigenvalue weighted by atomic mass is 16.5. The quantitative estimate of drug-likeness (QED) is 0.919. The van der Waals surface area contributed by atoms with Crippen molar-refractivity contribution in [3.8, 4) is 0 Å². The molecule has 0 aromatic heterocycles. The third kappa shape index (κ3) is 3.45. The van der Waals surface area contributed by atoms with E-state index in [1.807, 2.05) is 18.2 Å². The number of hydrogen-bond acceptors (Lipinski definition) is 4. The summed E-state index contributed by atoms with van der Waals surface area (Å²) in [5.41, 5.74) is 4.44. The van der Waals surface area contributed by atoms with E-state index in [0.29, 0.717) is 18.8 Å².